The number of hydrogen-bond donors (Lipinski definition) is 1. The molecule has 2 rings (SSSR count). The van der Waals surface area contributed by atoms with Crippen molar-refractivity contribution in [1.29, 1.82) is 0 Å². The van der Waals surface area contributed by atoms with Gasteiger partial charge in [-0.1, -0.05) is 35.3 Å². The molecule has 0 aliphatic rings. The number of halogens is 2. The zero-order chi connectivity index (χ0) is 14.0. The molecule has 2 aromatic rings. The normalized spacial score (nSPS) is 10.3. The Morgan fingerprint density at radius 2 is 1.89 bits per heavy atom. The zero-order valence-corrected chi connectivity index (χ0v) is 11.5. The first-order chi connectivity index (χ1) is 9.04. The highest BCUT2D eigenvalue weighted by atomic mass is 35.5. The van der Waals surface area contributed by atoms with Gasteiger partial charge in [-0.15, -0.1) is 0 Å². The van der Waals surface area contributed by atoms with Crippen molar-refractivity contribution in [3.63, 3.8) is 0 Å². The fraction of sp³-hybridized carbons (Fsp3) is 0.0714. The molecule has 0 aliphatic heterocycles. The number of carboxylic acid groups (broad SMARTS) is 1. The van der Waals surface area contributed by atoms with Crippen molar-refractivity contribution < 1.29 is 14.6 Å². The second-order valence-corrected chi connectivity index (χ2v) is 4.66. The van der Waals surface area contributed by atoms with E-state index in [4.69, 9.17) is 27.9 Å². The quantitative estimate of drug-likeness (QED) is 0.915. The molecule has 0 spiro atoms. The standard InChI is InChI=1S/C14H10Cl2O3/c1-19-12-6-5-8(15)7-10(12)9-3-2-4-11(16)13(9)14(17)18/h2-7H,1H3,(H,17,18). The van der Waals surface area contributed by atoms with Gasteiger partial charge >= 0.3 is 5.97 Å². The fourth-order valence-electron chi connectivity index (χ4n) is 1.86. The van der Waals surface area contributed by atoms with Gasteiger partial charge < -0.3 is 9.84 Å². The van der Waals surface area contributed by atoms with Crippen molar-refractivity contribution in [3.8, 4) is 16.9 Å². The summed E-state index contributed by atoms with van der Waals surface area (Å²) in [5.41, 5.74) is 1.10. The molecule has 0 saturated heterocycles. The molecule has 19 heavy (non-hydrogen) atoms. The van der Waals surface area contributed by atoms with Crippen molar-refractivity contribution in [2.24, 2.45) is 0 Å². The summed E-state index contributed by atoms with van der Waals surface area (Å²) in [6.07, 6.45) is 0. The monoisotopic (exact) mass is 296 g/mol. The number of benzene rings is 2. The summed E-state index contributed by atoms with van der Waals surface area (Å²) in [7, 11) is 1.51. The summed E-state index contributed by atoms with van der Waals surface area (Å²) >= 11 is 11.9. The molecule has 0 fully saturated rings. The maximum Gasteiger partial charge on any atom is 0.337 e. The van der Waals surface area contributed by atoms with Crippen molar-refractivity contribution in [2.75, 3.05) is 7.11 Å². The largest absolute Gasteiger partial charge is 0.496 e. The lowest BCUT2D eigenvalue weighted by molar-refractivity contribution is 0.0698. The van der Waals surface area contributed by atoms with E-state index in [1.165, 1.54) is 13.2 Å². The molecule has 2 aromatic carbocycles. The van der Waals surface area contributed by atoms with Crippen molar-refractivity contribution in [2.45, 2.75) is 0 Å². The van der Waals surface area contributed by atoms with Gasteiger partial charge in [-0.2, -0.15) is 0 Å². The van der Waals surface area contributed by atoms with Crippen LogP contribution in [-0.2, 0) is 0 Å². The van der Waals surface area contributed by atoms with Crippen molar-refractivity contribution in [1.82, 2.24) is 0 Å². The third-order valence-electron chi connectivity index (χ3n) is 2.68. The lowest BCUT2D eigenvalue weighted by Crippen LogP contribution is -2.01. The summed E-state index contributed by atoms with van der Waals surface area (Å²) in [5.74, 6) is -0.559. The molecule has 0 aromatic heterocycles. The van der Waals surface area contributed by atoms with Crippen molar-refractivity contribution >= 4 is 29.2 Å². The first-order valence-electron chi connectivity index (χ1n) is 5.40. The van der Waals surface area contributed by atoms with E-state index < -0.39 is 5.97 Å². The zero-order valence-electron chi connectivity index (χ0n) is 9.98. The van der Waals surface area contributed by atoms with E-state index in [1.54, 1.807) is 30.3 Å². The molecule has 0 heterocycles. The number of carbonyl (C=O) groups is 1. The van der Waals surface area contributed by atoms with Gasteiger partial charge in [-0.3, -0.25) is 0 Å². The predicted molar refractivity (Wildman–Crippen MR) is 75.4 cm³/mol. The van der Waals surface area contributed by atoms with Gasteiger partial charge in [0.25, 0.3) is 0 Å². The van der Waals surface area contributed by atoms with Gasteiger partial charge in [-0.25, -0.2) is 4.79 Å². The first kappa shape index (κ1) is 13.7. The molecule has 0 bridgehead atoms. The Hall–Kier alpha value is -1.71. The molecule has 1 N–H and O–H groups in total. The average Bonchev–Trinajstić information content (AvgIpc) is 2.37. The smallest absolute Gasteiger partial charge is 0.337 e. The summed E-state index contributed by atoms with van der Waals surface area (Å²) in [4.78, 5) is 11.3. The molecule has 0 radical (unpaired) electrons. The molecule has 5 heteroatoms. The molecular formula is C14H10Cl2O3. The second kappa shape index (κ2) is 5.51. The van der Waals surface area contributed by atoms with E-state index in [0.717, 1.165) is 0 Å². The van der Waals surface area contributed by atoms with E-state index in [0.29, 0.717) is 21.9 Å². The molecule has 3 nitrogen and oxygen atoms in total. The van der Waals surface area contributed by atoms with E-state index in [9.17, 15) is 9.90 Å². The van der Waals surface area contributed by atoms with Gasteiger partial charge in [0.2, 0.25) is 0 Å². The van der Waals surface area contributed by atoms with Gasteiger partial charge in [0.15, 0.2) is 0 Å². The molecular weight excluding hydrogens is 287 g/mol. The van der Waals surface area contributed by atoms with E-state index in [1.807, 2.05) is 0 Å². The lowest BCUT2D eigenvalue weighted by Gasteiger charge is -2.12. The Balaban J connectivity index is 2.75. The van der Waals surface area contributed by atoms with E-state index in [2.05, 4.69) is 0 Å². The fourth-order valence-corrected chi connectivity index (χ4v) is 2.28. The predicted octanol–water partition coefficient (Wildman–Crippen LogP) is 4.37. The van der Waals surface area contributed by atoms with Crippen LogP contribution in [0, 0.1) is 0 Å². The Labute approximate surface area is 120 Å². The van der Waals surface area contributed by atoms with E-state index in [-0.39, 0.29) is 10.6 Å². The number of ether oxygens (including phenoxy) is 1. The van der Waals surface area contributed by atoms with Crippen LogP contribution in [0.5, 0.6) is 5.75 Å². The average molecular weight is 297 g/mol. The van der Waals surface area contributed by atoms with Crippen LogP contribution in [0.1, 0.15) is 10.4 Å². The minimum absolute atomic E-state index is 0.0322. The Morgan fingerprint density at radius 1 is 1.16 bits per heavy atom. The van der Waals surface area contributed by atoms with Crippen LogP contribution in [0.4, 0.5) is 0 Å². The third kappa shape index (κ3) is 2.67. The van der Waals surface area contributed by atoms with E-state index >= 15 is 0 Å². The number of methoxy groups -OCH3 is 1. The number of carboxylic acids is 1. The van der Waals surface area contributed by atoms with Gasteiger partial charge in [0, 0.05) is 16.1 Å². The van der Waals surface area contributed by atoms with Crippen LogP contribution in [0.2, 0.25) is 10.0 Å². The minimum atomic E-state index is -1.09. The van der Waals surface area contributed by atoms with Gasteiger partial charge in [0.05, 0.1) is 17.7 Å². The molecule has 0 amide bonds. The van der Waals surface area contributed by atoms with Crippen molar-refractivity contribution in [3.05, 3.63) is 52.0 Å². The maximum absolute atomic E-state index is 11.3. The number of hydrogen-bond acceptors (Lipinski definition) is 2. The van der Waals surface area contributed by atoms with Crippen LogP contribution < -0.4 is 4.74 Å². The Bertz CT molecular complexity index is 639. The number of rotatable bonds is 3. The highest BCUT2D eigenvalue weighted by Gasteiger charge is 2.18. The highest BCUT2D eigenvalue weighted by Crippen LogP contribution is 2.36. The second-order valence-electron chi connectivity index (χ2n) is 3.81. The highest BCUT2D eigenvalue weighted by molar-refractivity contribution is 6.34. The molecule has 0 saturated carbocycles. The lowest BCUT2D eigenvalue weighted by atomic mass is 9.99. The first-order valence-corrected chi connectivity index (χ1v) is 6.16. The Morgan fingerprint density at radius 3 is 2.53 bits per heavy atom. The molecule has 0 unspecified atom stereocenters. The topological polar surface area (TPSA) is 46.5 Å². The van der Waals surface area contributed by atoms with Crippen LogP contribution in [0.15, 0.2) is 36.4 Å². The Kier molecular flexibility index (Phi) is 3.98. The molecule has 0 atom stereocenters. The van der Waals surface area contributed by atoms with Crippen LogP contribution in [0.3, 0.4) is 0 Å². The third-order valence-corrected chi connectivity index (χ3v) is 3.23. The van der Waals surface area contributed by atoms with Crippen LogP contribution >= 0.6 is 23.2 Å². The SMILES string of the molecule is COc1ccc(Cl)cc1-c1cccc(Cl)c1C(=O)O. The minimum Gasteiger partial charge on any atom is -0.496 e. The molecule has 98 valence electrons. The summed E-state index contributed by atoms with van der Waals surface area (Å²) in [6.45, 7) is 0. The van der Waals surface area contributed by atoms with Crippen LogP contribution in [0.25, 0.3) is 11.1 Å². The summed E-state index contributed by atoms with van der Waals surface area (Å²) < 4.78 is 5.23. The summed E-state index contributed by atoms with van der Waals surface area (Å²) in [6, 6.07) is 9.90. The maximum atomic E-state index is 11.3. The summed E-state index contributed by atoms with van der Waals surface area (Å²) in [5, 5.41) is 9.95. The molecule has 0 aliphatic carbocycles. The van der Waals surface area contributed by atoms with Gasteiger partial charge in [-0.05, 0) is 24.3 Å². The van der Waals surface area contributed by atoms with Gasteiger partial charge in [0.1, 0.15) is 5.75 Å². The number of aromatic carboxylic acids is 1. The van der Waals surface area contributed by atoms with Crippen LogP contribution in [-0.4, -0.2) is 18.2 Å².